The average Bonchev–Trinajstić information content (AvgIpc) is 2.48. The van der Waals surface area contributed by atoms with Crippen molar-refractivity contribution in [2.24, 2.45) is 0 Å². The van der Waals surface area contributed by atoms with Gasteiger partial charge in [0.1, 0.15) is 0 Å². The van der Waals surface area contributed by atoms with E-state index in [4.69, 9.17) is 15.2 Å². The largest absolute Gasteiger partial charge is 0.462 e. The lowest BCUT2D eigenvalue weighted by Crippen LogP contribution is -2.37. The van der Waals surface area contributed by atoms with Crippen LogP contribution in [-0.4, -0.2) is 38.9 Å². The fourth-order valence-corrected chi connectivity index (χ4v) is 2.55. The van der Waals surface area contributed by atoms with Crippen LogP contribution in [0.2, 0.25) is 0 Å². The Hall–Kier alpha value is -1.75. The number of nitrogen functional groups attached to an aromatic ring is 1. The van der Waals surface area contributed by atoms with Crippen LogP contribution >= 0.6 is 0 Å². The SMILES string of the molecule is CCOC(=O)c1cccc(N2CCC(OC)CC2)c1N. The lowest BCUT2D eigenvalue weighted by Gasteiger charge is -2.33. The molecule has 5 nitrogen and oxygen atoms in total. The molecule has 1 heterocycles. The summed E-state index contributed by atoms with van der Waals surface area (Å²) >= 11 is 0. The Morgan fingerprint density at radius 3 is 2.70 bits per heavy atom. The first-order valence-corrected chi connectivity index (χ1v) is 7.00. The first-order chi connectivity index (χ1) is 9.67. The highest BCUT2D eigenvalue weighted by Gasteiger charge is 2.22. The number of anilines is 2. The maximum atomic E-state index is 11.9. The van der Waals surface area contributed by atoms with Gasteiger partial charge in [0, 0.05) is 20.2 Å². The zero-order chi connectivity index (χ0) is 14.5. The molecule has 0 unspecified atom stereocenters. The highest BCUT2D eigenvalue weighted by Crippen LogP contribution is 2.29. The maximum Gasteiger partial charge on any atom is 0.340 e. The molecular formula is C15H22N2O3. The number of hydrogen-bond donors (Lipinski definition) is 1. The van der Waals surface area contributed by atoms with Gasteiger partial charge in [-0.3, -0.25) is 0 Å². The van der Waals surface area contributed by atoms with Crippen molar-refractivity contribution in [2.75, 3.05) is 37.4 Å². The summed E-state index contributed by atoms with van der Waals surface area (Å²) in [5.74, 6) is -0.362. The second-order valence-corrected chi connectivity index (χ2v) is 4.88. The van der Waals surface area contributed by atoms with Crippen molar-refractivity contribution in [3.63, 3.8) is 0 Å². The molecule has 110 valence electrons. The molecular weight excluding hydrogens is 256 g/mol. The normalized spacial score (nSPS) is 16.2. The molecule has 1 fully saturated rings. The number of nitrogens with two attached hydrogens (primary N) is 1. The van der Waals surface area contributed by atoms with E-state index < -0.39 is 0 Å². The second-order valence-electron chi connectivity index (χ2n) is 4.88. The number of rotatable bonds is 4. The fourth-order valence-electron chi connectivity index (χ4n) is 2.55. The molecule has 0 saturated carbocycles. The zero-order valence-corrected chi connectivity index (χ0v) is 12.1. The van der Waals surface area contributed by atoms with E-state index in [1.807, 2.05) is 12.1 Å². The van der Waals surface area contributed by atoms with Crippen molar-refractivity contribution >= 4 is 17.3 Å². The van der Waals surface area contributed by atoms with Crippen LogP contribution in [0, 0.1) is 0 Å². The average molecular weight is 278 g/mol. The quantitative estimate of drug-likeness (QED) is 0.674. The molecule has 1 saturated heterocycles. The number of benzene rings is 1. The standard InChI is InChI=1S/C15H22N2O3/c1-3-20-15(18)12-5-4-6-13(14(12)16)17-9-7-11(19-2)8-10-17/h4-6,11H,3,7-10,16H2,1-2H3. The van der Waals surface area contributed by atoms with Crippen LogP contribution in [0.4, 0.5) is 11.4 Å². The van der Waals surface area contributed by atoms with Gasteiger partial charge < -0.3 is 20.1 Å². The predicted molar refractivity (Wildman–Crippen MR) is 79.1 cm³/mol. The summed E-state index contributed by atoms with van der Waals surface area (Å²) in [7, 11) is 1.75. The van der Waals surface area contributed by atoms with Crippen LogP contribution in [0.5, 0.6) is 0 Å². The summed E-state index contributed by atoms with van der Waals surface area (Å²) in [5, 5.41) is 0. The molecule has 0 radical (unpaired) electrons. The maximum absolute atomic E-state index is 11.9. The Morgan fingerprint density at radius 2 is 2.10 bits per heavy atom. The number of nitrogens with zero attached hydrogens (tertiary/aromatic N) is 1. The van der Waals surface area contributed by atoms with Gasteiger partial charge in [-0.2, -0.15) is 0 Å². The number of para-hydroxylation sites is 1. The van der Waals surface area contributed by atoms with Crippen molar-refractivity contribution in [3.8, 4) is 0 Å². The Bertz CT molecular complexity index is 468. The van der Waals surface area contributed by atoms with Crippen molar-refractivity contribution < 1.29 is 14.3 Å². The van der Waals surface area contributed by atoms with Gasteiger partial charge in [0.05, 0.1) is 29.6 Å². The molecule has 0 aliphatic carbocycles. The van der Waals surface area contributed by atoms with Crippen LogP contribution < -0.4 is 10.6 Å². The lowest BCUT2D eigenvalue weighted by atomic mass is 10.0. The van der Waals surface area contributed by atoms with Gasteiger partial charge in [-0.05, 0) is 31.9 Å². The van der Waals surface area contributed by atoms with Crippen LogP contribution in [0.3, 0.4) is 0 Å². The molecule has 5 heteroatoms. The first kappa shape index (κ1) is 14.7. The van der Waals surface area contributed by atoms with Gasteiger partial charge in [0.15, 0.2) is 0 Å². The van der Waals surface area contributed by atoms with Gasteiger partial charge in [0.2, 0.25) is 0 Å². The molecule has 0 aromatic heterocycles. The van der Waals surface area contributed by atoms with Crippen LogP contribution in [0.25, 0.3) is 0 Å². The van der Waals surface area contributed by atoms with Gasteiger partial charge >= 0.3 is 5.97 Å². The van der Waals surface area contributed by atoms with E-state index in [0.29, 0.717) is 24.0 Å². The summed E-state index contributed by atoms with van der Waals surface area (Å²) in [6, 6.07) is 5.50. The van der Waals surface area contributed by atoms with Gasteiger partial charge in [-0.15, -0.1) is 0 Å². The molecule has 1 aliphatic rings. The smallest absolute Gasteiger partial charge is 0.340 e. The number of hydrogen-bond acceptors (Lipinski definition) is 5. The summed E-state index contributed by atoms with van der Waals surface area (Å²) in [6.45, 7) is 3.90. The number of esters is 1. The highest BCUT2D eigenvalue weighted by molar-refractivity contribution is 5.98. The number of piperidine rings is 1. The van der Waals surface area contributed by atoms with E-state index in [-0.39, 0.29) is 5.97 Å². The summed E-state index contributed by atoms with van der Waals surface area (Å²) in [4.78, 5) is 14.1. The van der Waals surface area contributed by atoms with E-state index in [1.165, 1.54) is 0 Å². The lowest BCUT2D eigenvalue weighted by molar-refractivity contribution is 0.0527. The molecule has 2 N–H and O–H groups in total. The minimum atomic E-state index is -0.362. The van der Waals surface area contributed by atoms with Gasteiger partial charge in [0.25, 0.3) is 0 Å². The summed E-state index contributed by atoms with van der Waals surface area (Å²) in [5.41, 5.74) is 7.99. The van der Waals surface area contributed by atoms with E-state index in [1.54, 1.807) is 20.1 Å². The Balaban J connectivity index is 2.17. The third-order valence-corrected chi connectivity index (χ3v) is 3.69. The highest BCUT2D eigenvalue weighted by atomic mass is 16.5. The number of carbonyl (C=O) groups is 1. The van der Waals surface area contributed by atoms with E-state index in [9.17, 15) is 4.79 Å². The Morgan fingerprint density at radius 1 is 1.40 bits per heavy atom. The molecule has 0 spiro atoms. The van der Waals surface area contributed by atoms with Crippen molar-refractivity contribution in [3.05, 3.63) is 23.8 Å². The number of ether oxygens (including phenoxy) is 2. The molecule has 0 bridgehead atoms. The van der Waals surface area contributed by atoms with Crippen molar-refractivity contribution in [2.45, 2.75) is 25.9 Å². The molecule has 1 aliphatic heterocycles. The zero-order valence-electron chi connectivity index (χ0n) is 12.1. The van der Waals surface area contributed by atoms with E-state index >= 15 is 0 Å². The molecule has 20 heavy (non-hydrogen) atoms. The second kappa shape index (κ2) is 6.61. The van der Waals surface area contributed by atoms with E-state index in [0.717, 1.165) is 31.6 Å². The van der Waals surface area contributed by atoms with Gasteiger partial charge in [-0.25, -0.2) is 4.79 Å². The molecule has 0 atom stereocenters. The van der Waals surface area contributed by atoms with Gasteiger partial charge in [-0.1, -0.05) is 6.07 Å². The molecule has 1 aromatic rings. The monoisotopic (exact) mass is 278 g/mol. The topological polar surface area (TPSA) is 64.8 Å². The minimum Gasteiger partial charge on any atom is -0.462 e. The first-order valence-electron chi connectivity index (χ1n) is 7.00. The molecule has 2 rings (SSSR count). The fraction of sp³-hybridized carbons (Fsp3) is 0.533. The van der Waals surface area contributed by atoms with Crippen LogP contribution in [0.1, 0.15) is 30.1 Å². The van der Waals surface area contributed by atoms with E-state index in [2.05, 4.69) is 4.90 Å². The number of methoxy groups -OCH3 is 1. The molecule has 1 aromatic carbocycles. The predicted octanol–water partition coefficient (Wildman–Crippen LogP) is 2.06. The van der Waals surface area contributed by atoms with Crippen molar-refractivity contribution in [1.82, 2.24) is 0 Å². The Kier molecular flexibility index (Phi) is 4.84. The third-order valence-electron chi connectivity index (χ3n) is 3.69. The summed E-state index contributed by atoms with van der Waals surface area (Å²) < 4.78 is 10.4. The van der Waals surface area contributed by atoms with Crippen LogP contribution in [0.15, 0.2) is 18.2 Å². The molecule has 0 amide bonds. The summed E-state index contributed by atoms with van der Waals surface area (Å²) in [6.07, 6.45) is 2.26. The van der Waals surface area contributed by atoms with Crippen molar-refractivity contribution in [1.29, 1.82) is 0 Å². The minimum absolute atomic E-state index is 0.320. The number of carbonyl (C=O) groups excluding carboxylic acids is 1. The van der Waals surface area contributed by atoms with Crippen LogP contribution in [-0.2, 0) is 9.47 Å². The third kappa shape index (κ3) is 3.04. The Labute approximate surface area is 119 Å².